The molecule has 0 amide bonds. The van der Waals surface area contributed by atoms with E-state index in [1.54, 1.807) is 18.2 Å². The summed E-state index contributed by atoms with van der Waals surface area (Å²) in [5, 5.41) is 1.15. The highest BCUT2D eigenvalue weighted by Gasteiger charge is 2.08. The molecule has 0 aliphatic rings. The summed E-state index contributed by atoms with van der Waals surface area (Å²) < 4.78 is 16.9. The number of halogens is 3. The van der Waals surface area contributed by atoms with E-state index in [2.05, 4.69) is 4.72 Å². The van der Waals surface area contributed by atoms with Crippen molar-refractivity contribution in [1.82, 2.24) is 0 Å². The molecule has 2 rings (SSSR count). The maximum Gasteiger partial charge on any atom is 0.128 e. The highest BCUT2D eigenvalue weighted by Crippen LogP contribution is 2.31. The monoisotopic (exact) mass is 329 g/mol. The van der Waals surface area contributed by atoms with Crippen molar-refractivity contribution in [3.63, 3.8) is 0 Å². The zero-order valence-corrected chi connectivity index (χ0v) is 13.4. The molecule has 0 bridgehead atoms. The predicted molar refractivity (Wildman–Crippen MR) is 86.4 cm³/mol. The van der Waals surface area contributed by atoms with Gasteiger partial charge in [-0.15, -0.1) is 0 Å². The molecule has 0 saturated heterocycles. The van der Waals surface area contributed by atoms with Crippen molar-refractivity contribution in [2.75, 3.05) is 4.72 Å². The summed E-state index contributed by atoms with van der Waals surface area (Å²) in [6, 6.07) is 10.4. The Kier molecular flexibility index (Phi) is 5.19. The maximum atomic E-state index is 13.9. The molecule has 20 heavy (non-hydrogen) atoms. The maximum absolute atomic E-state index is 13.9. The van der Waals surface area contributed by atoms with Crippen LogP contribution in [0.3, 0.4) is 0 Å². The second-order valence-corrected chi connectivity index (χ2v) is 6.36. The van der Waals surface area contributed by atoms with Crippen LogP contribution in [0.25, 0.3) is 0 Å². The van der Waals surface area contributed by atoms with E-state index < -0.39 is 0 Å². The first kappa shape index (κ1) is 15.5. The third-order valence-corrected chi connectivity index (χ3v) is 4.37. The molecule has 0 heterocycles. The fourth-order valence-electron chi connectivity index (χ4n) is 1.73. The number of nitrogens with one attached hydrogen (secondary N) is 1. The third kappa shape index (κ3) is 3.81. The Morgan fingerprint density at radius 1 is 1.10 bits per heavy atom. The van der Waals surface area contributed by atoms with Crippen LogP contribution in [0.1, 0.15) is 25.3 Å². The lowest BCUT2D eigenvalue weighted by atomic mass is 10.0. The van der Waals surface area contributed by atoms with Gasteiger partial charge >= 0.3 is 0 Å². The van der Waals surface area contributed by atoms with Crippen LogP contribution in [-0.2, 0) is 0 Å². The Morgan fingerprint density at radius 3 is 2.45 bits per heavy atom. The smallest absolute Gasteiger partial charge is 0.128 e. The molecule has 0 fully saturated rings. The van der Waals surface area contributed by atoms with Gasteiger partial charge in [0.2, 0.25) is 0 Å². The minimum Gasteiger partial charge on any atom is -0.325 e. The Bertz CT molecular complexity index is 617. The summed E-state index contributed by atoms with van der Waals surface area (Å²) >= 11 is 13.2. The number of benzene rings is 2. The van der Waals surface area contributed by atoms with Gasteiger partial charge in [0.25, 0.3) is 0 Å². The van der Waals surface area contributed by atoms with E-state index in [0.717, 1.165) is 4.90 Å². The van der Waals surface area contributed by atoms with E-state index in [0.29, 0.717) is 21.3 Å². The first-order chi connectivity index (χ1) is 9.47. The van der Waals surface area contributed by atoms with Crippen molar-refractivity contribution in [3.05, 3.63) is 57.8 Å². The fourth-order valence-corrected chi connectivity index (χ4v) is 2.90. The Morgan fingerprint density at radius 2 is 1.85 bits per heavy atom. The topological polar surface area (TPSA) is 12.0 Å². The predicted octanol–water partition coefficient (Wildman–Crippen LogP) is 6.38. The van der Waals surface area contributed by atoms with Gasteiger partial charge < -0.3 is 4.72 Å². The quantitative estimate of drug-likeness (QED) is 0.653. The van der Waals surface area contributed by atoms with Crippen molar-refractivity contribution in [2.24, 2.45) is 0 Å². The molecule has 0 unspecified atom stereocenters. The third-order valence-electron chi connectivity index (χ3n) is 2.80. The highest BCUT2D eigenvalue weighted by atomic mass is 35.5. The van der Waals surface area contributed by atoms with Crippen LogP contribution in [0.5, 0.6) is 0 Å². The van der Waals surface area contributed by atoms with Crippen molar-refractivity contribution >= 4 is 40.8 Å². The lowest BCUT2D eigenvalue weighted by Gasteiger charge is -2.11. The molecule has 0 aromatic heterocycles. The highest BCUT2D eigenvalue weighted by molar-refractivity contribution is 8.00. The Hall–Kier alpha value is -0.900. The SMILES string of the molecule is CC(C)c1ccc(NSc2ccc(Cl)cc2Cl)cc1F. The van der Waals surface area contributed by atoms with Crippen molar-refractivity contribution < 1.29 is 4.39 Å². The van der Waals surface area contributed by atoms with E-state index in [1.807, 2.05) is 26.0 Å². The summed E-state index contributed by atoms with van der Waals surface area (Å²) in [7, 11) is 0. The van der Waals surface area contributed by atoms with Gasteiger partial charge in [0.05, 0.1) is 5.02 Å². The Balaban J connectivity index is 2.09. The van der Waals surface area contributed by atoms with Crippen molar-refractivity contribution in [1.29, 1.82) is 0 Å². The van der Waals surface area contributed by atoms with Crippen molar-refractivity contribution in [2.45, 2.75) is 24.7 Å². The Labute approximate surface area is 132 Å². The minimum absolute atomic E-state index is 0.169. The van der Waals surface area contributed by atoms with Gasteiger partial charge in [0.15, 0.2) is 0 Å². The zero-order valence-electron chi connectivity index (χ0n) is 11.1. The van der Waals surface area contributed by atoms with Gasteiger partial charge in [0, 0.05) is 15.6 Å². The zero-order chi connectivity index (χ0) is 14.7. The van der Waals surface area contributed by atoms with Crippen LogP contribution in [0.2, 0.25) is 10.0 Å². The van der Waals surface area contributed by atoms with Gasteiger partial charge in [0.1, 0.15) is 5.82 Å². The summed E-state index contributed by atoms with van der Waals surface area (Å²) in [6.07, 6.45) is 0. The molecule has 5 heteroatoms. The van der Waals surface area contributed by atoms with Gasteiger partial charge in [-0.05, 0) is 53.8 Å². The van der Waals surface area contributed by atoms with Gasteiger partial charge in [-0.2, -0.15) is 0 Å². The summed E-state index contributed by atoms with van der Waals surface area (Å²) in [4.78, 5) is 0.837. The molecule has 1 nitrogen and oxygen atoms in total. The number of anilines is 1. The van der Waals surface area contributed by atoms with Gasteiger partial charge in [-0.1, -0.05) is 43.1 Å². The average Bonchev–Trinajstić information content (AvgIpc) is 2.37. The van der Waals surface area contributed by atoms with E-state index >= 15 is 0 Å². The van der Waals surface area contributed by atoms with Gasteiger partial charge in [-0.3, -0.25) is 0 Å². The molecule has 0 aliphatic carbocycles. The molecule has 2 aromatic carbocycles. The lowest BCUT2D eigenvalue weighted by Crippen LogP contribution is -1.95. The van der Waals surface area contributed by atoms with Crippen LogP contribution < -0.4 is 4.72 Å². The van der Waals surface area contributed by atoms with E-state index in [4.69, 9.17) is 23.2 Å². The molecule has 106 valence electrons. The molecule has 0 atom stereocenters. The van der Waals surface area contributed by atoms with Crippen LogP contribution in [0, 0.1) is 5.82 Å². The first-order valence-corrected chi connectivity index (χ1v) is 7.72. The summed E-state index contributed by atoms with van der Waals surface area (Å²) in [6.45, 7) is 3.93. The van der Waals surface area contributed by atoms with Crippen LogP contribution in [-0.4, -0.2) is 0 Å². The van der Waals surface area contributed by atoms with Crippen molar-refractivity contribution in [3.8, 4) is 0 Å². The molecule has 0 aliphatic heterocycles. The van der Waals surface area contributed by atoms with Crippen LogP contribution in [0.4, 0.5) is 10.1 Å². The molecule has 0 spiro atoms. The number of hydrogen-bond donors (Lipinski definition) is 1. The average molecular weight is 330 g/mol. The molecule has 0 radical (unpaired) electrons. The number of hydrogen-bond acceptors (Lipinski definition) is 2. The van der Waals surface area contributed by atoms with E-state index in [1.165, 1.54) is 18.0 Å². The van der Waals surface area contributed by atoms with Crippen LogP contribution in [0.15, 0.2) is 41.3 Å². The summed E-state index contributed by atoms with van der Waals surface area (Å²) in [5.41, 5.74) is 1.41. The molecular formula is C15H14Cl2FNS. The minimum atomic E-state index is -0.201. The normalized spacial score (nSPS) is 10.9. The van der Waals surface area contributed by atoms with E-state index in [9.17, 15) is 4.39 Å². The standard InChI is InChI=1S/C15H14Cl2FNS/c1-9(2)12-5-4-11(8-14(12)18)19-20-15-6-3-10(16)7-13(15)17/h3-9,19H,1-2H3. The first-order valence-electron chi connectivity index (χ1n) is 6.14. The molecule has 0 saturated carbocycles. The summed E-state index contributed by atoms with van der Waals surface area (Å²) in [5.74, 6) is -0.0322. The van der Waals surface area contributed by atoms with Crippen LogP contribution >= 0.6 is 35.1 Å². The number of rotatable bonds is 4. The molecule has 2 aromatic rings. The second-order valence-electron chi connectivity index (χ2n) is 4.67. The lowest BCUT2D eigenvalue weighted by molar-refractivity contribution is 0.599. The molecule has 1 N–H and O–H groups in total. The fraction of sp³-hybridized carbons (Fsp3) is 0.200. The second kappa shape index (κ2) is 6.70. The van der Waals surface area contributed by atoms with Gasteiger partial charge in [-0.25, -0.2) is 4.39 Å². The largest absolute Gasteiger partial charge is 0.325 e. The van der Waals surface area contributed by atoms with E-state index in [-0.39, 0.29) is 11.7 Å². The molecular weight excluding hydrogens is 316 g/mol.